The van der Waals surface area contributed by atoms with E-state index in [4.69, 9.17) is 0 Å². The van der Waals surface area contributed by atoms with Gasteiger partial charge in [0.05, 0.1) is 10.6 Å². The molecule has 132 valence electrons. The molecule has 0 fully saturated rings. The molecule has 0 radical (unpaired) electrons. The zero-order valence-corrected chi connectivity index (χ0v) is 15.0. The van der Waals surface area contributed by atoms with E-state index in [0.29, 0.717) is 6.42 Å². The van der Waals surface area contributed by atoms with Gasteiger partial charge < -0.3 is 4.90 Å². The Bertz CT molecular complexity index is 957. The lowest BCUT2D eigenvalue weighted by atomic mass is 10.1. The summed E-state index contributed by atoms with van der Waals surface area (Å²) in [7, 11) is -3.92. The Morgan fingerprint density at radius 2 is 1.96 bits per heavy atom. The summed E-state index contributed by atoms with van der Waals surface area (Å²) in [6, 6.07) is 8.82. The second-order valence-corrected chi connectivity index (χ2v) is 8.00. The van der Waals surface area contributed by atoms with Crippen LogP contribution in [0.15, 0.2) is 41.3 Å². The molecule has 1 aliphatic heterocycles. The van der Waals surface area contributed by atoms with Crippen molar-refractivity contribution in [2.24, 2.45) is 0 Å². The van der Waals surface area contributed by atoms with Crippen LogP contribution in [0.5, 0.6) is 0 Å². The van der Waals surface area contributed by atoms with Crippen molar-refractivity contribution in [1.29, 1.82) is 0 Å². The lowest BCUT2D eigenvalue weighted by Gasteiger charge is -2.20. The monoisotopic (exact) mass is 362 g/mol. The number of aryl methyl sites for hydroxylation is 1. The first kappa shape index (κ1) is 17.4. The van der Waals surface area contributed by atoms with Gasteiger partial charge in [-0.1, -0.05) is 6.07 Å². The van der Waals surface area contributed by atoms with Crippen LogP contribution < -0.4 is 9.62 Å². The topological polar surface area (TPSA) is 66.5 Å². The Hall–Kier alpha value is -2.41. The third-order valence-corrected chi connectivity index (χ3v) is 5.65. The van der Waals surface area contributed by atoms with Crippen molar-refractivity contribution >= 4 is 27.3 Å². The number of hydrogen-bond donors (Lipinski definition) is 1. The van der Waals surface area contributed by atoms with Gasteiger partial charge in [-0.3, -0.25) is 9.52 Å². The number of nitrogens with one attached hydrogen (secondary N) is 1. The SMILES string of the molecule is CC(=O)N1c2ccc(S(=O)(=O)Nc3cc(C)ccc3F)cc2CC1C. The summed E-state index contributed by atoms with van der Waals surface area (Å²) >= 11 is 0. The molecule has 0 bridgehead atoms. The smallest absolute Gasteiger partial charge is 0.261 e. The molecule has 0 saturated heterocycles. The van der Waals surface area contributed by atoms with Gasteiger partial charge in [0.25, 0.3) is 10.0 Å². The lowest BCUT2D eigenvalue weighted by molar-refractivity contribution is -0.116. The quantitative estimate of drug-likeness (QED) is 0.912. The summed E-state index contributed by atoms with van der Waals surface area (Å²) in [5, 5.41) is 0. The summed E-state index contributed by atoms with van der Waals surface area (Å²) in [6.07, 6.45) is 0.580. The van der Waals surface area contributed by atoms with E-state index < -0.39 is 15.8 Å². The van der Waals surface area contributed by atoms with Crippen molar-refractivity contribution in [2.75, 3.05) is 9.62 Å². The number of rotatable bonds is 3. The second-order valence-electron chi connectivity index (χ2n) is 6.32. The minimum absolute atomic E-state index is 0.0207. The maximum absolute atomic E-state index is 13.9. The Balaban J connectivity index is 1.96. The molecule has 1 heterocycles. The fraction of sp³-hybridized carbons (Fsp3) is 0.278. The standard InChI is InChI=1S/C18H19FN2O3S/c1-11-4-6-16(19)17(8-11)20-25(23,24)15-5-7-18-14(10-15)9-12(2)21(18)13(3)22/h4-8,10,12,20H,9H2,1-3H3. The third kappa shape index (κ3) is 3.24. The van der Waals surface area contributed by atoms with Gasteiger partial charge in [-0.05, 0) is 61.7 Å². The van der Waals surface area contributed by atoms with Crippen LogP contribution in [0.4, 0.5) is 15.8 Å². The van der Waals surface area contributed by atoms with Crippen LogP contribution in [0, 0.1) is 12.7 Å². The summed E-state index contributed by atoms with van der Waals surface area (Å²) in [5.41, 5.74) is 2.18. The van der Waals surface area contributed by atoms with Crippen molar-refractivity contribution < 1.29 is 17.6 Å². The molecule has 0 spiro atoms. The van der Waals surface area contributed by atoms with Crippen molar-refractivity contribution in [3.8, 4) is 0 Å². The zero-order valence-electron chi connectivity index (χ0n) is 14.2. The molecule has 1 amide bonds. The maximum atomic E-state index is 13.9. The van der Waals surface area contributed by atoms with Gasteiger partial charge >= 0.3 is 0 Å². The number of fused-ring (bicyclic) bond motifs is 1. The highest BCUT2D eigenvalue weighted by Crippen LogP contribution is 2.34. The van der Waals surface area contributed by atoms with Crippen LogP contribution in [0.1, 0.15) is 25.0 Å². The number of hydrogen-bond acceptors (Lipinski definition) is 3. The van der Waals surface area contributed by atoms with E-state index in [2.05, 4.69) is 4.72 Å². The highest BCUT2D eigenvalue weighted by Gasteiger charge is 2.30. The average molecular weight is 362 g/mol. The summed E-state index contributed by atoms with van der Waals surface area (Å²) in [5.74, 6) is -0.714. The molecule has 25 heavy (non-hydrogen) atoms. The van der Waals surface area contributed by atoms with Gasteiger partial charge in [-0.15, -0.1) is 0 Å². The van der Waals surface area contributed by atoms with E-state index >= 15 is 0 Å². The number of amides is 1. The van der Waals surface area contributed by atoms with Crippen LogP contribution in [0.25, 0.3) is 0 Å². The molecule has 0 aromatic heterocycles. The number of anilines is 2. The van der Waals surface area contributed by atoms with Gasteiger partial charge in [-0.2, -0.15) is 0 Å². The Morgan fingerprint density at radius 1 is 1.24 bits per heavy atom. The first-order valence-corrected chi connectivity index (χ1v) is 9.39. The molecule has 2 aromatic rings. The molecule has 3 rings (SSSR count). The van der Waals surface area contributed by atoms with Gasteiger partial charge in [0.2, 0.25) is 5.91 Å². The molecular formula is C18H19FN2O3S. The minimum Gasteiger partial charge on any atom is -0.309 e. The summed E-state index contributed by atoms with van der Waals surface area (Å²) < 4.78 is 41.4. The van der Waals surface area contributed by atoms with Crippen molar-refractivity contribution in [3.05, 3.63) is 53.3 Å². The molecule has 7 heteroatoms. The van der Waals surface area contributed by atoms with E-state index in [0.717, 1.165) is 16.8 Å². The van der Waals surface area contributed by atoms with Crippen LogP contribution in [0.2, 0.25) is 0 Å². The first-order valence-electron chi connectivity index (χ1n) is 7.91. The first-order chi connectivity index (χ1) is 11.7. The highest BCUT2D eigenvalue weighted by atomic mass is 32.2. The number of carbonyl (C=O) groups excluding carboxylic acids is 1. The van der Waals surface area contributed by atoms with Crippen LogP contribution in [0.3, 0.4) is 0 Å². The molecule has 0 aliphatic carbocycles. The molecular weight excluding hydrogens is 343 g/mol. The van der Waals surface area contributed by atoms with Crippen molar-refractivity contribution in [2.45, 2.75) is 38.1 Å². The largest absolute Gasteiger partial charge is 0.309 e. The molecule has 1 atom stereocenters. The Morgan fingerprint density at radius 3 is 2.64 bits per heavy atom. The summed E-state index contributed by atoms with van der Waals surface area (Å²) in [4.78, 5) is 13.5. The number of benzene rings is 2. The van der Waals surface area contributed by atoms with E-state index in [9.17, 15) is 17.6 Å². The molecule has 0 saturated carbocycles. The van der Waals surface area contributed by atoms with Crippen molar-refractivity contribution in [3.63, 3.8) is 0 Å². The van der Waals surface area contributed by atoms with Gasteiger partial charge in [-0.25, -0.2) is 12.8 Å². The number of nitrogens with zero attached hydrogens (tertiary/aromatic N) is 1. The van der Waals surface area contributed by atoms with E-state index in [1.165, 1.54) is 25.1 Å². The molecule has 1 N–H and O–H groups in total. The zero-order chi connectivity index (χ0) is 18.4. The molecule has 2 aromatic carbocycles. The van der Waals surface area contributed by atoms with E-state index in [1.54, 1.807) is 30.0 Å². The molecule has 1 aliphatic rings. The van der Waals surface area contributed by atoms with Gasteiger partial charge in [0.1, 0.15) is 5.82 Å². The predicted molar refractivity (Wildman–Crippen MR) is 94.7 cm³/mol. The number of sulfonamides is 1. The van der Waals surface area contributed by atoms with Gasteiger partial charge in [0.15, 0.2) is 0 Å². The fourth-order valence-electron chi connectivity index (χ4n) is 3.18. The minimum atomic E-state index is -3.92. The number of halogens is 1. The molecule has 5 nitrogen and oxygen atoms in total. The van der Waals surface area contributed by atoms with Crippen molar-refractivity contribution in [1.82, 2.24) is 0 Å². The normalized spacial score (nSPS) is 16.6. The Kier molecular flexibility index (Phi) is 4.28. The lowest BCUT2D eigenvalue weighted by Crippen LogP contribution is -2.33. The summed E-state index contributed by atoms with van der Waals surface area (Å²) in [6.45, 7) is 5.15. The highest BCUT2D eigenvalue weighted by molar-refractivity contribution is 7.92. The van der Waals surface area contributed by atoms with Gasteiger partial charge in [0, 0.05) is 18.7 Å². The third-order valence-electron chi connectivity index (χ3n) is 4.28. The predicted octanol–water partition coefficient (Wildman–Crippen LogP) is 3.23. The fourth-order valence-corrected chi connectivity index (χ4v) is 4.28. The van der Waals surface area contributed by atoms with E-state index in [1.807, 2.05) is 6.92 Å². The average Bonchev–Trinajstić information content (AvgIpc) is 2.85. The Labute approximate surface area is 146 Å². The van der Waals surface area contributed by atoms with Crippen LogP contribution in [-0.4, -0.2) is 20.4 Å². The van der Waals surface area contributed by atoms with Crippen LogP contribution >= 0.6 is 0 Å². The second kappa shape index (κ2) is 6.15. The maximum Gasteiger partial charge on any atom is 0.261 e. The van der Waals surface area contributed by atoms with Crippen LogP contribution in [-0.2, 0) is 21.2 Å². The number of carbonyl (C=O) groups is 1. The van der Waals surface area contributed by atoms with E-state index in [-0.39, 0.29) is 22.5 Å². The molecule has 1 unspecified atom stereocenters.